The van der Waals surface area contributed by atoms with Crippen molar-refractivity contribution in [1.82, 2.24) is 19.3 Å². The summed E-state index contributed by atoms with van der Waals surface area (Å²) in [5.74, 6) is 1.67. The van der Waals surface area contributed by atoms with E-state index in [1.54, 1.807) is 12.4 Å². The molecule has 0 saturated heterocycles. The predicted octanol–water partition coefficient (Wildman–Crippen LogP) is 2.47. The summed E-state index contributed by atoms with van der Waals surface area (Å²) in [6, 6.07) is 0. The Balaban J connectivity index is 2.09. The van der Waals surface area contributed by atoms with Crippen molar-refractivity contribution in [2.75, 3.05) is 11.9 Å². The van der Waals surface area contributed by atoms with Crippen molar-refractivity contribution in [2.45, 2.75) is 29.6 Å². The van der Waals surface area contributed by atoms with Crippen molar-refractivity contribution < 1.29 is 0 Å². The van der Waals surface area contributed by atoms with Crippen molar-refractivity contribution in [2.24, 2.45) is 0 Å². The quantitative estimate of drug-likeness (QED) is 0.898. The lowest BCUT2D eigenvalue weighted by molar-refractivity contribution is 0.968. The molecule has 2 heterocycles. The third-order valence-electron chi connectivity index (χ3n) is 1.93. The van der Waals surface area contributed by atoms with Crippen molar-refractivity contribution in [1.29, 1.82) is 0 Å². The Bertz CT molecular complexity index is 485. The van der Waals surface area contributed by atoms with Crippen molar-refractivity contribution >= 4 is 29.1 Å². The maximum atomic E-state index is 4.42. The fourth-order valence-electron chi connectivity index (χ4n) is 1.18. The van der Waals surface area contributed by atoms with E-state index in [2.05, 4.69) is 24.6 Å². The summed E-state index contributed by atoms with van der Waals surface area (Å²) in [7, 11) is 0. The average molecular weight is 267 g/mol. The lowest BCUT2D eigenvalue weighted by Gasteiger charge is -2.02. The zero-order valence-corrected chi connectivity index (χ0v) is 11.3. The van der Waals surface area contributed by atoms with Crippen LogP contribution in [0.15, 0.2) is 21.8 Å². The lowest BCUT2D eigenvalue weighted by atomic mass is 10.5. The molecule has 0 aliphatic carbocycles. The van der Waals surface area contributed by atoms with Crippen LogP contribution in [0.25, 0.3) is 0 Å². The number of hydrogen-bond donors (Lipinski definition) is 1. The molecule has 5 nitrogen and oxygen atoms in total. The van der Waals surface area contributed by atoms with Crippen molar-refractivity contribution in [3.63, 3.8) is 0 Å². The Labute approximate surface area is 108 Å². The monoisotopic (exact) mass is 267 g/mol. The van der Waals surface area contributed by atoms with Crippen LogP contribution in [0, 0.1) is 0 Å². The summed E-state index contributed by atoms with van der Waals surface area (Å²) in [6.07, 6.45) is 4.31. The van der Waals surface area contributed by atoms with Gasteiger partial charge in [-0.2, -0.15) is 4.37 Å². The van der Waals surface area contributed by atoms with Crippen LogP contribution >= 0.6 is 23.3 Å². The highest BCUT2D eigenvalue weighted by molar-refractivity contribution is 8.00. The first-order chi connectivity index (χ1) is 8.31. The minimum atomic E-state index is 0.790. The van der Waals surface area contributed by atoms with Gasteiger partial charge in [0.1, 0.15) is 16.7 Å². The topological polar surface area (TPSA) is 63.6 Å². The minimum absolute atomic E-state index is 0.790. The van der Waals surface area contributed by atoms with Gasteiger partial charge in [0.25, 0.3) is 0 Å². The smallest absolute Gasteiger partial charge is 0.176 e. The Morgan fingerprint density at radius 1 is 1.29 bits per heavy atom. The van der Waals surface area contributed by atoms with Crippen LogP contribution in [0.1, 0.15) is 19.7 Å². The third kappa shape index (κ3) is 3.37. The summed E-state index contributed by atoms with van der Waals surface area (Å²) in [5, 5.41) is 3.97. The predicted molar refractivity (Wildman–Crippen MR) is 69.6 cm³/mol. The van der Waals surface area contributed by atoms with Gasteiger partial charge < -0.3 is 5.32 Å². The fourth-order valence-corrected chi connectivity index (χ4v) is 2.78. The molecule has 0 aromatic carbocycles. The van der Waals surface area contributed by atoms with Crippen molar-refractivity contribution in [3.05, 3.63) is 18.2 Å². The molecular weight excluding hydrogens is 254 g/mol. The molecule has 0 amide bonds. The number of nitrogens with zero attached hydrogens (tertiary/aromatic N) is 4. The van der Waals surface area contributed by atoms with Gasteiger partial charge in [-0.15, -0.1) is 0 Å². The largest absolute Gasteiger partial charge is 0.369 e. The second kappa shape index (κ2) is 5.92. The average Bonchev–Trinajstić information content (AvgIpc) is 2.78. The van der Waals surface area contributed by atoms with E-state index < -0.39 is 0 Å². The fraction of sp³-hybridized carbons (Fsp3) is 0.400. The molecule has 2 aromatic rings. The third-order valence-corrected chi connectivity index (χ3v) is 3.62. The maximum Gasteiger partial charge on any atom is 0.176 e. The Hall–Kier alpha value is -1.21. The molecule has 0 aliphatic heterocycles. The van der Waals surface area contributed by atoms with Crippen LogP contribution in [0.2, 0.25) is 0 Å². The molecule has 0 atom stereocenters. The van der Waals surface area contributed by atoms with E-state index in [0.717, 1.165) is 34.0 Å². The molecule has 2 aromatic heterocycles. The number of anilines is 1. The zero-order chi connectivity index (χ0) is 12.1. The van der Waals surface area contributed by atoms with Crippen LogP contribution in [-0.2, 0) is 6.42 Å². The van der Waals surface area contributed by atoms with Gasteiger partial charge in [0, 0.05) is 13.0 Å². The van der Waals surface area contributed by atoms with Gasteiger partial charge in [-0.25, -0.2) is 9.97 Å². The molecule has 0 bridgehead atoms. The van der Waals surface area contributed by atoms with Gasteiger partial charge in [0.2, 0.25) is 0 Å². The lowest BCUT2D eigenvalue weighted by Crippen LogP contribution is -2.00. The minimum Gasteiger partial charge on any atom is -0.369 e. The highest BCUT2D eigenvalue weighted by Gasteiger charge is 2.06. The summed E-state index contributed by atoms with van der Waals surface area (Å²) in [4.78, 5) is 12.9. The number of aryl methyl sites for hydroxylation is 1. The van der Waals surface area contributed by atoms with Crippen LogP contribution in [0.5, 0.6) is 0 Å². The Kier molecular flexibility index (Phi) is 4.27. The van der Waals surface area contributed by atoms with Crippen LogP contribution in [-0.4, -0.2) is 25.9 Å². The maximum absolute atomic E-state index is 4.42. The van der Waals surface area contributed by atoms with Gasteiger partial charge in [-0.1, -0.05) is 6.92 Å². The number of aromatic nitrogens is 4. The highest BCUT2D eigenvalue weighted by atomic mass is 32.2. The van der Waals surface area contributed by atoms with E-state index in [4.69, 9.17) is 0 Å². The van der Waals surface area contributed by atoms with E-state index >= 15 is 0 Å². The summed E-state index contributed by atoms with van der Waals surface area (Å²) < 4.78 is 5.14. The van der Waals surface area contributed by atoms with Crippen LogP contribution in [0.4, 0.5) is 5.82 Å². The summed E-state index contributed by atoms with van der Waals surface area (Å²) in [5.41, 5.74) is 0. The second-order valence-electron chi connectivity index (χ2n) is 3.21. The molecule has 90 valence electrons. The van der Waals surface area contributed by atoms with Gasteiger partial charge in [0.05, 0.1) is 12.4 Å². The summed E-state index contributed by atoms with van der Waals surface area (Å²) in [6.45, 7) is 4.91. The van der Waals surface area contributed by atoms with Gasteiger partial charge in [0.15, 0.2) is 4.34 Å². The van der Waals surface area contributed by atoms with Gasteiger partial charge in [-0.3, -0.25) is 4.98 Å². The van der Waals surface area contributed by atoms with Gasteiger partial charge in [-0.05, 0) is 30.2 Å². The van der Waals surface area contributed by atoms with E-state index in [1.807, 2.05) is 13.8 Å². The van der Waals surface area contributed by atoms with E-state index in [0.29, 0.717) is 0 Å². The normalized spacial score (nSPS) is 10.5. The first-order valence-electron chi connectivity index (χ1n) is 5.38. The van der Waals surface area contributed by atoms with E-state index in [9.17, 15) is 0 Å². The molecule has 2 rings (SSSR count). The Morgan fingerprint density at radius 3 is 2.88 bits per heavy atom. The number of nitrogens with one attached hydrogen (secondary N) is 1. The van der Waals surface area contributed by atoms with Gasteiger partial charge >= 0.3 is 0 Å². The molecule has 0 radical (unpaired) electrons. The molecule has 0 spiro atoms. The number of rotatable bonds is 5. The first kappa shape index (κ1) is 12.3. The van der Waals surface area contributed by atoms with E-state index in [1.165, 1.54) is 23.3 Å². The second-order valence-corrected chi connectivity index (χ2v) is 5.22. The highest BCUT2D eigenvalue weighted by Crippen LogP contribution is 2.27. The molecular formula is C10H13N5S2. The summed E-state index contributed by atoms with van der Waals surface area (Å²) >= 11 is 2.90. The van der Waals surface area contributed by atoms with Crippen molar-refractivity contribution in [3.8, 4) is 0 Å². The molecule has 0 unspecified atom stereocenters. The molecule has 0 saturated carbocycles. The molecule has 7 heteroatoms. The molecule has 0 fully saturated rings. The van der Waals surface area contributed by atoms with Crippen LogP contribution in [0.3, 0.4) is 0 Å². The Morgan fingerprint density at radius 2 is 2.18 bits per heavy atom. The zero-order valence-electron chi connectivity index (χ0n) is 9.67. The molecule has 1 N–H and O–H groups in total. The van der Waals surface area contributed by atoms with E-state index in [-0.39, 0.29) is 0 Å². The standard InChI is InChI=1S/C10H13N5S2/c1-3-7-14-10(17-15-7)16-9-6-11-5-8(13-9)12-4-2/h5-6H,3-4H2,1-2H3,(H,12,13). The number of hydrogen-bond acceptors (Lipinski definition) is 7. The van der Waals surface area contributed by atoms with Crippen LogP contribution < -0.4 is 5.32 Å². The first-order valence-corrected chi connectivity index (χ1v) is 6.97. The molecule has 17 heavy (non-hydrogen) atoms. The molecule has 0 aliphatic rings. The SMILES string of the molecule is CCNc1cncc(Sc2nc(CC)ns2)n1.